The van der Waals surface area contributed by atoms with Crippen molar-refractivity contribution < 1.29 is 175 Å². The standard InChI is InChI=1S/C92H107Cl3N10O36P2/c1-38(2)24-55(105(7)90(125)133-37-132-64(111)22-23-67(142(126,127)128)143(129,130)131)83(118)103-72-74(112)45-15-20-58(52(94)26-45)136-60-28-47-29-61(78(60)141-89-79(76(114)75(113)62(36-106)138-89)140-66-34-92(6,81(116)40(4)135-66)98-35-41-8-10-42(11-9-41)43-12-17-48(93)18-13-43)137-59-21-16-46(27-53(59)95)77(139-65-33-91(5,97)80(115)39(3)134-65)73-87(122)102-71(88(123)124)51-30-49(107)31-57(109)68(51)50-25-44(14-19-56(50)108)69(84(119)104-73)101-85(120)70(47)100-82(117)54(32-63(96)110)99-86(72)121/h8-21,25-31,38-40,54-55,62,65-67,69-77,79-81,89,98,106-109,112-116H,22-24,32-37,97H2,1-7H3,(H2,96,110)(H,99,121)(H,100,117)(H,101,120)(H,102,122)(H,103,118)(H,104,119)(H,123,124)(H2,126,127,128)(H2,129,130,131)/t39-,40-,54-,55+,62+,65-,66-,69+,70+,71-,72+,73-,74+,75+,76-,77+,79+,80-,81-,89-,91-,92-/m0/s1. The molecule has 0 radical (unpaired) electrons. The Hall–Kier alpha value is -11.5. The molecular formula is C92H107Cl3N10O36P2. The summed E-state index contributed by atoms with van der Waals surface area (Å²) in [5.74, 6) is -20.0. The van der Waals surface area contributed by atoms with Gasteiger partial charge in [-0.3, -0.25) is 52.4 Å². The lowest BCUT2D eigenvalue weighted by Gasteiger charge is -2.48. The highest BCUT2D eigenvalue weighted by Gasteiger charge is 2.54. The zero-order chi connectivity index (χ0) is 104. The maximum Gasteiger partial charge on any atom is 0.413 e. The molecular weight excluding hydrogens is 1990 g/mol. The molecule has 8 heterocycles. The molecule has 8 aliphatic heterocycles. The molecule has 3 saturated heterocycles. The summed E-state index contributed by atoms with van der Waals surface area (Å²) in [4.78, 5) is 188. The highest BCUT2D eigenvalue weighted by Crippen LogP contribution is 2.62. The van der Waals surface area contributed by atoms with Crippen molar-refractivity contribution in [2.75, 3.05) is 20.4 Å². The first-order chi connectivity index (χ1) is 67.2. The molecule has 0 aromatic heterocycles. The summed E-state index contributed by atoms with van der Waals surface area (Å²) < 4.78 is 86.6. The molecule has 3 fully saturated rings. The molecule has 46 nitrogen and oxygen atoms in total. The number of nitrogens with two attached hydrogens (primary N) is 2. The number of aliphatic carboxylic acids is 1. The Bertz CT molecular complexity index is 6070. The van der Waals surface area contributed by atoms with E-state index in [9.17, 15) is 98.9 Å². The Balaban J connectivity index is 0.977. The molecule has 7 aromatic rings. The zero-order valence-electron chi connectivity index (χ0n) is 77.1. The average Bonchev–Trinajstić information content (AvgIpc) is 0.760. The van der Waals surface area contributed by atoms with Gasteiger partial charge in [0.2, 0.25) is 60.2 Å². The number of carbonyl (C=O) groups is 10. The van der Waals surface area contributed by atoms with Crippen LogP contribution in [0.4, 0.5) is 4.79 Å². The first-order valence-electron chi connectivity index (χ1n) is 44.5. The van der Waals surface area contributed by atoms with Crippen molar-refractivity contribution >= 4 is 109 Å². The van der Waals surface area contributed by atoms with E-state index in [0.717, 1.165) is 96.5 Å². The molecule has 0 aliphatic carbocycles. The lowest BCUT2D eigenvalue weighted by atomic mass is 9.84. The molecule has 7 aromatic carbocycles. The molecule has 0 saturated carbocycles. The SMILES string of the molecule is CC(C)C[C@H](C(=O)N[C@H]1C(=O)N[C@@H](CC(N)=O)C(=O)N[C@H]2C(=O)N[C@H]3C(=O)N[C@H](C(=O)N[C@H](C(=O)O)c4cc(O)cc(O)c4-c4cc3ccc4O)[C@H](O[C@H]3C[C@](C)(N)[C@@H](O)[C@H](C)O3)c3ccc(c(Cl)c3)Oc3cc2cc(c3O[C@@H]2O[C@H](CO)[C@@H](O)[C@H](O)[C@H]2O[C@H]2C[C@](C)(NCc3ccc(-c4ccc(Cl)cc4)cc3)[C@@H](O)[C@H](C)O2)Oc2ccc(cc2Cl)[C@H]1O)N(C)C(=O)OCOC(=O)CCC(P(=O)(O)O)P(=O)(O)O. The van der Waals surface area contributed by atoms with Crippen LogP contribution in [-0.4, -0.2) is 264 Å². The molecule has 25 N–H and O–H groups in total. The number of nitrogens with one attached hydrogen (secondary N) is 7. The number of aromatic hydroxyl groups is 3. The van der Waals surface area contributed by atoms with Crippen molar-refractivity contribution in [3.05, 3.63) is 176 Å². The number of aliphatic hydroxyl groups excluding tert-OH is 6. The molecule has 772 valence electrons. The number of halogens is 3. The van der Waals surface area contributed by atoms with Gasteiger partial charge in [0.1, 0.15) is 95.5 Å². The molecule has 8 amide bonds. The molecule has 0 unspecified atom stereocenters. The van der Waals surface area contributed by atoms with Gasteiger partial charge in [0.05, 0.1) is 47.5 Å². The third-order valence-corrected chi connectivity index (χ3v) is 29.8. The number of ether oxygens (including phenoxy) is 10. The van der Waals surface area contributed by atoms with Crippen LogP contribution in [0.15, 0.2) is 127 Å². The molecule has 11 bridgehead atoms. The van der Waals surface area contributed by atoms with E-state index in [-0.39, 0.29) is 30.5 Å². The number of nitrogens with zero attached hydrogens (tertiary/aromatic N) is 1. The summed E-state index contributed by atoms with van der Waals surface area (Å²) in [7, 11) is -10.0. The third-order valence-electron chi connectivity index (χ3n) is 25.1. The smallest absolute Gasteiger partial charge is 0.413 e. The van der Waals surface area contributed by atoms with E-state index in [1.54, 1.807) is 32.9 Å². The summed E-state index contributed by atoms with van der Waals surface area (Å²) in [5.41, 5.74) is 8.76. The topological polar surface area (TPSA) is 720 Å². The van der Waals surface area contributed by atoms with Gasteiger partial charge < -0.3 is 167 Å². The maximum absolute atomic E-state index is 16.7. The van der Waals surface area contributed by atoms with Crippen molar-refractivity contribution in [2.24, 2.45) is 17.4 Å². The van der Waals surface area contributed by atoms with E-state index >= 15 is 28.8 Å². The van der Waals surface area contributed by atoms with Crippen LogP contribution in [0.5, 0.6) is 46.0 Å². The van der Waals surface area contributed by atoms with Gasteiger partial charge in [-0.1, -0.05) is 103 Å². The van der Waals surface area contributed by atoms with E-state index < -0.39 is 342 Å². The number of phenols is 3. The maximum atomic E-state index is 16.7. The number of hydrogen-bond donors (Lipinski definition) is 23. The minimum Gasteiger partial charge on any atom is -0.508 e. The highest BCUT2D eigenvalue weighted by atomic mass is 35.5. The predicted molar refractivity (Wildman–Crippen MR) is 499 cm³/mol. The lowest BCUT2D eigenvalue weighted by Crippen LogP contribution is -2.65. The molecule has 22 atom stereocenters. The van der Waals surface area contributed by atoms with Crippen molar-refractivity contribution in [3.8, 4) is 68.2 Å². The van der Waals surface area contributed by atoms with Crippen LogP contribution in [0.25, 0.3) is 22.3 Å². The fourth-order valence-electron chi connectivity index (χ4n) is 17.4. The summed E-state index contributed by atoms with van der Waals surface area (Å²) in [6.07, 6.45) is -28.5. The second-order valence-corrected chi connectivity index (χ2v) is 41.5. The fourth-order valence-corrected chi connectivity index (χ4v) is 20.5. The van der Waals surface area contributed by atoms with Crippen LogP contribution < -0.4 is 62.9 Å². The Morgan fingerprint density at radius 1 is 0.636 bits per heavy atom. The van der Waals surface area contributed by atoms with Crippen LogP contribution in [0.1, 0.15) is 144 Å². The van der Waals surface area contributed by atoms with E-state index in [4.69, 9.17) is 93.6 Å². The second kappa shape index (κ2) is 44.6. The van der Waals surface area contributed by atoms with Crippen molar-refractivity contribution in [2.45, 2.75) is 225 Å². The third kappa shape index (κ3) is 25.2. The largest absolute Gasteiger partial charge is 0.508 e. The van der Waals surface area contributed by atoms with Crippen LogP contribution in [0.2, 0.25) is 15.1 Å². The number of carboxylic acids is 1. The number of phenolic OH excluding ortho intramolecular Hbond substituents is 3. The monoisotopic (exact) mass is 2090 g/mol. The lowest BCUT2D eigenvalue weighted by molar-refractivity contribution is -0.334. The zero-order valence-corrected chi connectivity index (χ0v) is 81.1. The number of aliphatic hydroxyl groups is 6. The number of carboxylic acid groups (broad SMARTS) is 1. The number of amides is 8. The van der Waals surface area contributed by atoms with Gasteiger partial charge in [-0.2, -0.15) is 0 Å². The van der Waals surface area contributed by atoms with Gasteiger partial charge in [0.15, 0.2) is 41.6 Å². The predicted octanol–water partition coefficient (Wildman–Crippen LogP) is 4.31. The number of carbonyl (C=O) groups excluding carboxylic acids is 9. The Labute approximate surface area is 829 Å². The second-order valence-electron chi connectivity index (χ2n) is 36.2. The highest BCUT2D eigenvalue weighted by molar-refractivity contribution is 7.70. The van der Waals surface area contributed by atoms with E-state index in [2.05, 4.69) is 37.2 Å². The van der Waals surface area contributed by atoms with Gasteiger partial charge in [0.25, 0.3) is 0 Å². The molecule has 51 heteroatoms. The van der Waals surface area contributed by atoms with Gasteiger partial charge in [0, 0.05) is 71.7 Å². The number of fused-ring (bicyclic) bond motifs is 15. The summed E-state index contributed by atoms with van der Waals surface area (Å²) in [5, 5.41) is 133. The minimum atomic E-state index is -5.50. The number of esters is 1. The minimum absolute atomic E-state index is 0.144. The molecule has 15 rings (SSSR count). The molecule has 143 heavy (non-hydrogen) atoms. The summed E-state index contributed by atoms with van der Waals surface area (Å²) in [6, 6.07) is 11.6. The van der Waals surface area contributed by atoms with Gasteiger partial charge in [-0.05, 0) is 152 Å². The first-order valence-corrected chi connectivity index (χ1v) is 49.0. The van der Waals surface area contributed by atoms with Crippen LogP contribution in [0.3, 0.4) is 0 Å². The van der Waals surface area contributed by atoms with Crippen molar-refractivity contribution in [1.82, 2.24) is 42.1 Å². The first kappa shape index (κ1) is 109. The van der Waals surface area contributed by atoms with Crippen LogP contribution >= 0.6 is 50.0 Å². The van der Waals surface area contributed by atoms with Crippen molar-refractivity contribution in [1.29, 1.82) is 0 Å². The van der Waals surface area contributed by atoms with E-state index in [0.29, 0.717) is 9.92 Å². The quantitative estimate of drug-likeness (QED) is 0.0204. The molecule has 8 aliphatic rings. The number of primary amides is 1. The molecule has 0 spiro atoms. The van der Waals surface area contributed by atoms with E-state index in [1.807, 2.05) is 36.4 Å². The number of benzene rings is 7. The number of likely N-dealkylation sites (N-methyl/N-ethyl adjacent to an activating group) is 1. The normalized spacial score (nSPS) is 27.7. The van der Waals surface area contributed by atoms with Crippen LogP contribution in [-0.2, 0) is 92.0 Å². The fraction of sp³-hybridized carbons (Fsp3) is 0.435. The van der Waals surface area contributed by atoms with Crippen LogP contribution in [0, 0.1) is 5.92 Å². The summed E-state index contributed by atoms with van der Waals surface area (Å²) >= 11 is 20.9. The van der Waals surface area contributed by atoms with Crippen molar-refractivity contribution in [3.63, 3.8) is 0 Å². The number of hydrogen-bond acceptors (Lipinski definition) is 33. The average molecular weight is 2100 g/mol. The summed E-state index contributed by atoms with van der Waals surface area (Å²) in [6.45, 7) is 7.03. The van der Waals surface area contributed by atoms with Gasteiger partial charge in [-0.15, -0.1) is 0 Å². The number of rotatable bonds is 26. The van der Waals surface area contributed by atoms with Gasteiger partial charge in [-0.25, -0.2) is 9.59 Å². The Kier molecular flexibility index (Phi) is 33.9. The van der Waals surface area contributed by atoms with Gasteiger partial charge >= 0.3 is 33.2 Å². The Morgan fingerprint density at radius 3 is 1.81 bits per heavy atom. The van der Waals surface area contributed by atoms with E-state index in [1.165, 1.54) is 26.8 Å². The Morgan fingerprint density at radius 2 is 1.22 bits per heavy atom.